The summed E-state index contributed by atoms with van der Waals surface area (Å²) in [4.78, 5) is 16.7. The van der Waals surface area contributed by atoms with Crippen molar-refractivity contribution in [1.82, 2.24) is 4.98 Å². The van der Waals surface area contributed by atoms with Crippen LogP contribution in [0.4, 0.5) is 0 Å². The molecule has 0 amide bonds. The number of aromatic nitrogens is 2. The fourth-order valence-electron chi connectivity index (χ4n) is 2.27. The lowest BCUT2D eigenvalue weighted by Crippen LogP contribution is -2.37. The second-order valence-electron chi connectivity index (χ2n) is 5.41. The van der Waals surface area contributed by atoms with Crippen molar-refractivity contribution in [3.05, 3.63) is 83.3 Å². The van der Waals surface area contributed by atoms with Crippen LogP contribution in [0.5, 0.6) is 0 Å². The maximum absolute atomic E-state index is 12.3. The van der Waals surface area contributed by atoms with Crippen molar-refractivity contribution in [2.24, 2.45) is 0 Å². The highest BCUT2D eigenvalue weighted by Gasteiger charge is 2.11. The zero-order chi connectivity index (χ0) is 16.2. The summed E-state index contributed by atoms with van der Waals surface area (Å²) in [5, 5.41) is 0.698. The molecule has 0 aliphatic rings. The molecule has 0 aliphatic carbocycles. The van der Waals surface area contributed by atoms with E-state index in [1.165, 1.54) is 0 Å². The highest BCUT2D eigenvalue weighted by Crippen LogP contribution is 2.18. The van der Waals surface area contributed by atoms with Crippen LogP contribution in [-0.2, 0) is 6.54 Å². The van der Waals surface area contributed by atoms with E-state index in [2.05, 4.69) is 4.98 Å². The molecule has 0 unspecified atom stereocenters. The minimum atomic E-state index is 0. The molecular formula is C19H17BrClN2O+. The van der Waals surface area contributed by atoms with Gasteiger partial charge in [0.25, 0.3) is 6.33 Å². The first kappa shape index (κ1) is 18.3. The summed E-state index contributed by atoms with van der Waals surface area (Å²) in [5.41, 5.74) is 3.69. The van der Waals surface area contributed by atoms with Crippen LogP contribution in [0.15, 0.2) is 67.1 Å². The Morgan fingerprint density at radius 3 is 2.29 bits per heavy atom. The lowest BCUT2D eigenvalue weighted by Gasteiger charge is -2.01. The predicted molar refractivity (Wildman–Crippen MR) is 101 cm³/mol. The fraction of sp³-hybridized carbons (Fsp3) is 0.105. The fourth-order valence-corrected chi connectivity index (χ4v) is 2.39. The molecule has 0 aliphatic heterocycles. The maximum Gasteiger partial charge on any atom is 0.287 e. The molecule has 3 aromatic rings. The summed E-state index contributed by atoms with van der Waals surface area (Å²) < 4.78 is 1.78. The summed E-state index contributed by atoms with van der Waals surface area (Å²) in [6, 6.07) is 17.0. The number of hydrogen-bond donors (Lipinski definition) is 0. The number of Topliss-reactive ketones (excluding diaryl/α,β-unsaturated/α-hetero) is 1. The molecule has 0 saturated carbocycles. The summed E-state index contributed by atoms with van der Waals surface area (Å²) in [5.74, 6) is 0.0658. The second-order valence-corrected chi connectivity index (χ2v) is 5.85. The van der Waals surface area contributed by atoms with E-state index in [0.29, 0.717) is 10.6 Å². The SMILES string of the molecule is Br.Cc1ccc(C(=O)C[n+]2ccc(-c3ccc(Cl)cc3)nc2)cc1. The molecule has 24 heavy (non-hydrogen) atoms. The topological polar surface area (TPSA) is 33.8 Å². The zero-order valence-electron chi connectivity index (χ0n) is 13.1. The Morgan fingerprint density at radius 1 is 1.04 bits per heavy atom. The number of ketones is 1. The van der Waals surface area contributed by atoms with Gasteiger partial charge < -0.3 is 0 Å². The molecule has 2 aromatic carbocycles. The van der Waals surface area contributed by atoms with Crippen molar-refractivity contribution in [1.29, 1.82) is 0 Å². The van der Waals surface area contributed by atoms with E-state index in [4.69, 9.17) is 11.6 Å². The molecular weight excluding hydrogens is 388 g/mol. The van der Waals surface area contributed by atoms with Crippen LogP contribution >= 0.6 is 28.6 Å². The van der Waals surface area contributed by atoms with E-state index < -0.39 is 0 Å². The quantitative estimate of drug-likeness (QED) is 0.475. The average Bonchev–Trinajstić information content (AvgIpc) is 2.57. The number of nitrogens with zero attached hydrogens (tertiary/aromatic N) is 2. The molecule has 0 N–H and O–H groups in total. The highest BCUT2D eigenvalue weighted by atomic mass is 79.9. The highest BCUT2D eigenvalue weighted by molar-refractivity contribution is 8.93. The molecule has 0 spiro atoms. The summed E-state index contributed by atoms with van der Waals surface area (Å²) in [6.07, 6.45) is 3.54. The number of carbonyl (C=O) groups is 1. The number of halogens is 2. The van der Waals surface area contributed by atoms with Gasteiger partial charge in [-0.1, -0.05) is 41.4 Å². The molecule has 3 nitrogen and oxygen atoms in total. The zero-order valence-corrected chi connectivity index (χ0v) is 15.6. The van der Waals surface area contributed by atoms with Gasteiger partial charge in [-0.25, -0.2) is 4.57 Å². The van der Waals surface area contributed by atoms with Crippen LogP contribution in [0.25, 0.3) is 11.3 Å². The standard InChI is InChI=1S/C19H16ClN2O.BrH/c1-14-2-4-16(5-3-14)19(23)12-22-11-10-18(21-13-22)15-6-8-17(20)9-7-15;/h2-11,13H,12H2,1H3;1H/q+1;. The number of carbonyl (C=O) groups excluding carboxylic acids is 1. The largest absolute Gasteiger partial charge is 0.290 e. The summed E-state index contributed by atoms with van der Waals surface area (Å²) >= 11 is 5.89. The first-order valence-corrected chi connectivity index (χ1v) is 7.70. The van der Waals surface area contributed by atoms with Gasteiger partial charge in [-0.2, -0.15) is 0 Å². The third-order valence-electron chi connectivity index (χ3n) is 3.61. The Bertz CT molecular complexity index is 815. The van der Waals surface area contributed by atoms with Crippen molar-refractivity contribution in [2.75, 3.05) is 0 Å². The average molecular weight is 405 g/mol. The summed E-state index contributed by atoms with van der Waals surface area (Å²) in [6.45, 7) is 2.28. The molecule has 1 aromatic heterocycles. The number of rotatable bonds is 4. The van der Waals surface area contributed by atoms with Crippen molar-refractivity contribution in [2.45, 2.75) is 13.5 Å². The molecule has 0 fully saturated rings. The molecule has 0 bridgehead atoms. The number of aryl methyl sites for hydroxylation is 1. The van der Waals surface area contributed by atoms with Gasteiger partial charge in [0.2, 0.25) is 5.78 Å². The lowest BCUT2D eigenvalue weighted by atomic mass is 10.1. The lowest BCUT2D eigenvalue weighted by molar-refractivity contribution is -0.686. The van der Waals surface area contributed by atoms with E-state index in [0.717, 1.165) is 16.8 Å². The summed E-state index contributed by atoms with van der Waals surface area (Å²) in [7, 11) is 0. The second kappa shape index (κ2) is 8.18. The molecule has 0 saturated heterocycles. The monoisotopic (exact) mass is 403 g/mol. The van der Waals surface area contributed by atoms with Crippen LogP contribution in [0.1, 0.15) is 15.9 Å². The molecule has 122 valence electrons. The Hall–Kier alpha value is -2.04. The first-order valence-electron chi connectivity index (χ1n) is 7.33. The Balaban J connectivity index is 0.00000208. The van der Waals surface area contributed by atoms with Crippen molar-refractivity contribution in [3.8, 4) is 11.3 Å². The van der Waals surface area contributed by atoms with Crippen LogP contribution < -0.4 is 4.57 Å². The van der Waals surface area contributed by atoms with E-state index >= 15 is 0 Å². The third kappa shape index (κ3) is 4.49. The van der Waals surface area contributed by atoms with Gasteiger partial charge in [0, 0.05) is 22.2 Å². The van der Waals surface area contributed by atoms with Crippen LogP contribution in [-0.4, -0.2) is 10.8 Å². The van der Waals surface area contributed by atoms with Gasteiger partial charge in [0.15, 0.2) is 12.2 Å². The number of benzene rings is 2. The third-order valence-corrected chi connectivity index (χ3v) is 3.86. The molecule has 3 rings (SSSR count). The van der Waals surface area contributed by atoms with Crippen LogP contribution in [0.2, 0.25) is 5.02 Å². The van der Waals surface area contributed by atoms with Gasteiger partial charge >= 0.3 is 0 Å². The molecule has 0 radical (unpaired) electrons. The Kier molecular flexibility index (Phi) is 6.23. The number of hydrogen-bond acceptors (Lipinski definition) is 2. The predicted octanol–water partition coefficient (Wildman–Crippen LogP) is 4.46. The van der Waals surface area contributed by atoms with Crippen molar-refractivity contribution >= 4 is 34.4 Å². The van der Waals surface area contributed by atoms with Gasteiger partial charge in [-0.3, -0.25) is 4.79 Å². The van der Waals surface area contributed by atoms with Crippen molar-refractivity contribution < 1.29 is 9.36 Å². The van der Waals surface area contributed by atoms with Crippen LogP contribution in [0.3, 0.4) is 0 Å². The van der Waals surface area contributed by atoms with Crippen LogP contribution in [0, 0.1) is 6.92 Å². The minimum absolute atomic E-state index is 0. The molecule has 5 heteroatoms. The van der Waals surface area contributed by atoms with E-state index in [1.807, 2.05) is 67.7 Å². The Morgan fingerprint density at radius 2 is 1.71 bits per heavy atom. The minimum Gasteiger partial charge on any atom is -0.290 e. The first-order chi connectivity index (χ1) is 11.1. The van der Waals surface area contributed by atoms with Gasteiger partial charge in [-0.15, -0.1) is 17.0 Å². The normalized spacial score (nSPS) is 10.1. The van der Waals surface area contributed by atoms with Gasteiger partial charge in [0.05, 0.1) is 6.20 Å². The smallest absolute Gasteiger partial charge is 0.287 e. The van der Waals surface area contributed by atoms with Crippen molar-refractivity contribution in [3.63, 3.8) is 0 Å². The Labute approximate surface area is 156 Å². The molecule has 1 heterocycles. The molecule has 0 atom stereocenters. The van der Waals surface area contributed by atoms with Gasteiger partial charge in [0.1, 0.15) is 0 Å². The maximum atomic E-state index is 12.3. The van der Waals surface area contributed by atoms with E-state index in [9.17, 15) is 4.79 Å². The van der Waals surface area contributed by atoms with E-state index in [-0.39, 0.29) is 29.3 Å². The van der Waals surface area contributed by atoms with Gasteiger partial charge in [-0.05, 0) is 36.2 Å². The van der Waals surface area contributed by atoms with E-state index in [1.54, 1.807) is 10.9 Å².